The molecule has 2 amide bonds. The number of fused-ring (bicyclic) bond motifs is 1. The number of anilines is 1. The molecule has 0 aliphatic carbocycles. The number of benzene rings is 1. The number of carbonyl (C=O) groups excluding carboxylic acids is 3. The van der Waals surface area contributed by atoms with E-state index < -0.39 is 0 Å². The summed E-state index contributed by atoms with van der Waals surface area (Å²) in [4.78, 5) is 45.9. The highest BCUT2D eigenvalue weighted by atomic mass is 16.7. The van der Waals surface area contributed by atoms with E-state index >= 15 is 0 Å². The van der Waals surface area contributed by atoms with Crippen LogP contribution in [-0.4, -0.2) is 52.3 Å². The number of rotatable bonds is 5. The molecule has 0 radical (unpaired) electrons. The van der Waals surface area contributed by atoms with Crippen molar-refractivity contribution in [3.8, 4) is 11.5 Å². The Kier molecular flexibility index (Phi) is 5.43. The molecule has 0 unspecified atom stereocenters. The molecule has 2 aromatic rings. The van der Waals surface area contributed by atoms with Crippen molar-refractivity contribution >= 4 is 23.3 Å². The summed E-state index contributed by atoms with van der Waals surface area (Å²) in [6.07, 6.45) is 3.43. The molecule has 30 heavy (non-hydrogen) atoms. The van der Waals surface area contributed by atoms with Crippen molar-refractivity contribution in [3.63, 3.8) is 0 Å². The van der Waals surface area contributed by atoms with E-state index in [-0.39, 0.29) is 30.3 Å². The number of ketones is 1. The van der Waals surface area contributed by atoms with E-state index in [1.54, 1.807) is 23.2 Å². The van der Waals surface area contributed by atoms with Crippen molar-refractivity contribution in [1.82, 2.24) is 14.9 Å². The van der Waals surface area contributed by atoms with Gasteiger partial charge in [0.2, 0.25) is 12.7 Å². The van der Waals surface area contributed by atoms with E-state index in [0.717, 1.165) is 18.5 Å². The number of piperidine rings is 1. The molecule has 3 heterocycles. The number of aromatic amines is 1. The number of nitrogens with one attached hydrogen (secondary N) is 2. The molecule has 1 aromatic heterocycles. The minimum Gasteiger partial charge on any atom is -0.454 e. The summed E-state index contributed by atoms with van der Waals surface area (Å²) >= 11 is 0. The van der Waals surface area contributed by atoms with E-state index in [1.165, 1.54) is 6.92 Å². The largest absolute Gasteiger partial charge is 0.454 e. The number of hydrogen-bond donors (Lipinski definition) is 2. The van der Waals surface area contributed by atoms with Crippen LogP contribution in [0.15, 0.2) is 18.3 Å². The highest BCUT2D eigenvalue weighted by Gasteiger charge is 2.27. The van der Waals surface area contributed by atoms with Crippen molar-refractivity contribution in [2.24, 2.45) is 5.92 Å². The predicted molar refractivity (Wildman–Crippen MR) is 108 cm³/mol. The van der Waals surface area contributed by atoms with Crippen LogP contribution in [0.4, 0.5) is 5.69 Å². The molecular formula is C21H24N4O5. The molecule has 0 atom stereocenters. The van der Waals surface area contributed by atoms with Gasteiger partial charge in [0.25, 0.3) is 5.91 Å². The summed E-state index contributed by atoms with van der Waals surface area (Å²) in [5.41, 5.74) is 1.66. The lowest BCUT2D eigenvalue weighted by Gasteiger charge is -2.31. The van der Waals surface area contributed by atoms with E-state index in [0.29, 0.717) is 48.1 Å². The second-order valence-corrected chi connectivity index (χ2v) is 7.71. The first kappa shape index (κ1) is 19.9. The van der Waals surface area contributed by atoms with Gasteiger partial charge < -0.3 is 24.7 Å². The zero-order chi connectivity index (χ0) is 21.3. The third kappa shape index (κ3) is 4.14. The van der Waals surface area contributed by atoms with Crippen LogP contribution in [0.1, 0.15) is 52.9 Å². The number of aryl methyl sites for hydroxylation is 1. The van der Waals surface area contributed by atoms with E-state index in [1.807, 2.05) is 6.92 Å². The molecule has 9 nitrogen and oxygen atoms in total. The normalized spacial score (nSPS) is 15.9. The van der Waals surface area contributed by atoms with Crippen LogP contribution in [0.25, 0.3) is 0 Å². The third-order valence-electron chi connectivity index (χ3n) is 5.45. The lowest BCUT2D eigenvalue weighted by molar-refractivity contribution is -0.117. The Balaban J connectivity index is 1.33. The van der Waals surface area contributed by atoms with Gasteiger partial charge in [-0.05, 0) is 38.7 Å². The number of likely N-dealkylation sites (tertiary alicyclic amines) is 1. The lowest BCUT2D eigenvalue weighted by Crippen LogP contribution is -2.39. The quantitative estimate of drug-likeness (QED) is 0.730. The Labute approximate surface area is 173 Å². The summed E-state index contributed by atoms with van der Waals surface area (Å²) in [5, 5.41) is 2.84. The van der Waals surface area contributed by atoms with E-state index in [9.17, 15) is 14.4 Å². The fourth-order valence-corrected chi connectivity index (χ4v) is 3.81. The van der Waals surface area contributed by atoms with E-state index in [4.69, 9.17) is 9.47 Å². The van der Waals surface area contributed by atoms with Gasteiger partial charge in [-0.25, -0.2) is 4.98 Å². The van der Waals surface area contributed by atoms with Crippen LogP contribution < -0.4 is 14.8 Å². The average Bonchev–Trinajstić information content (AvgIpc) is 3.35. The standard InChI is InChI=1S/C21H24N4O5/c1-12-10-22-20(23-12)21(28)25-5-3-14(4-6-25)7-19(27)24-16-9-18-17(29-11-30-18)8-15(16)13(2)26/h8-10,14H,3-7,11H2,1-2H3,(H,22,23)(H,24,27). The Hall–Kier alpha value is -3.36. The maximum Gasteiger partial charge on any atom is 0.289 e. The molecule has 158 valence electrons. The molecule has 0 spiro atoms. The molecule has 1 fully saturated rings. The number of aromatic nitrogens is 2. The van der Waals surface area contributed by atoms with Gasteiger partial charge in [-0.3, -0.25) is 14.4 Å². The fourth-order valence-electron chi connectivity index (χ4n) is 3.81. The van der Waals surface area contributed by atoms with Crippen LogP contribution in [0, 0.1) is 12.8 Å². The van der Waals surface area contributed by atoms with Crippen LogP contribution >= 0.6 is 0 Å². The summed E-state index contributed by atoms with van der Waals surface area (Å²) < 4.78 is 10.7. The lowest BCUT2D eigenvalue weighted by atomic mass is 9.93. The maximum atomic E-state index is 12.6. The van der Waals surface area contributed by atoms with Gasteiger partial charge >= 0.3 is 0 Å². The molecule has 0 bridgehead atoms. The molecule has 4 rings (SSSR count). The van der Waals surface area contributed by atoms with Gasteiger partial charge in [0.1, 0.15) is 0 Å². The average molecular weight is 412 g/mol. The summed E-state index contributed by atoms with van der Waals surface area (Å²) in [5.74, 6) is 1.09. The molecule has 1 aromatic carbocycles. The highest BCUT2D eigenvalue weighted by Crippen LogP contribution is 2.37. The maximum absolute atomic E-state index is 12.6. The number of ether oxygens (including phenoxy) is 2. The summed E-state index contributed by atoms with van der Waals surface area (Å²) in [7, 11) is 0. The summed E-state index contributed by atoms with van der Waals surface area (Å²) in [6.45, 7) is 4.56. The minimum atomic E-state index is -0.164. The first-order chi connectivity index (χ1) is 14.4. The Morgan fingerprint density at radius 1 is 1.20 bits per heavy atom. The molecule has 9 heteroatoms. The number of amides is 2. The minimum absolute atomic E-state index is 0.0962. The SMILES string of the molecule is CC(=O)c1cc2c(cc1NC(=O)CC1CCN(C(=O)c3ncc(C)[nH]3)CC1)OCO2. The number of Topliss-reactive ketones (excluding diaryl/α,β-unsaturated/α-hetero) is 1. The van der Waals surface area contributed by atoms with Crippen molar-refractivity contribution < 1.29 is 23.9 Å². The van der Waals surface area contributed by atoms with Crippen molar-refractivity contribution in [2.75, 3.05) is 25.2 Å². The Morgan fingerprint density at radius 3 is 2.53 bits per heavy atom. The fraction of sp³-hybridized carbons (Fsp3) is 0.429. The van der Waals surface area contributed by atoms with Crippen molar-refractivity contribution in [3.05, 3.63) is 35.4 Å². The van der Waals surface area contributed by atoms with Gasteiger partial charge in [-0.15, -0.1) is 0 Å². The monoisotopic (exact) mass is 412 g/mol. The van der Waals surface area contributed by atoms with Crippen LogP contribution in [0.5, 0.6) is 11.5 Å². The van der Waals surface area contributed by atoms with Crippen LogP contribution in [0.2, 0.25) is 0 Å². The van der Waals surface area contributed by atoms with Gasteiger partial charge in [0.15, 0.2) is 23.1 Å². The number of carbonyl (C=O) groups is 3. The molecule has 2 N–H and O–H groups in total. The molecule has 1 saturated heterocycles. The van der Waals surface area contributed by atoms with Gasteiger partial charge in [-0.1, -0.05) is 0 Å². The number of nitrogens with zero attached hydrogens (tertiary/aromatic N) is 2. The number of imidazole rings is 1. The second-order valence-electron chi connectivity index (χ2n) is 7.71. The first-order valence-electron chi connectivity index (χ1n) is 9.96. The number of hydrogen-bond acceptors (Lipinski definition) is 6. The topological polar surface area (TPSA) is 114 Å². The van der Waals surface area contributed by atoms with Crippen LogP contribution in [-0.2, 0) is 4.79 Å². The highest BCUT2D eigenvalue weighted by molar-refractivity contribution is 6.04. The molecule has 2 aliphatic rings. The van der Waals surface area contributed by atoms with Crippen molar-refractivity contribution in [1.29, 1.82) is 0 Å². The molecule has 2 aliphatic heterocycles. The first-order valence-corrected chi connectivity index (χ1v) is 9.96. The zero-order valence-corrected chi connectivity index (χ0v) is 17.0. The van der Waals surface area contributed by atoms with E-state index in [2.05, 4.69) is 15.3 Å². The van der Waals surface area contributed by atoms with Gasteiger partial charge in [0.05, 0.1) is 5.69 Å². The smallest absolute Gasteiger partial charge is 0.289 e. The van der Waals surface area contributed by atoms with Gasteiger partial charge in [-0.2, -0.15) is 0 Å². The molecule has 0 saturated carbocycles. The van der Waals surface area contributed by atoms with Crippen molar-refractivity contribution in [2.45, 2.75) is 33.1 Å². The predicted octanol–water partition coefficient (Wildman–Crippen LogP) is 2.53. The van der Waals surface area contributed by atoms with Crippen LogP contribution in [0.3, 0.4) is 0 Å². The Bertz CT molecular complexity index is 991. The molecular weight excluding hydrogens is 388 g/mol. The number of H-pyrrole nitrogens is 1. The second kappa shape index (κ2) is 8.17. The summed E-state index contributed by atoms with van der Waals surface area (Å²) in [6, 6.07) is 3.23. The Morgan fingerprint density at radius 2 is 1.90 bits per heavy atom. The third-order valence-corrected chi connectivity index (χ3v) is 5.45. The zero-order valence-electron chi connectivity index (χ0n) is 17.0. The van der Waals surface area contributed by atoms with Gasteiger partial charge in [0, 0.05) is 43.0 Å².